The van der Waals surface area contributed by atoms with Crippen molar-refractivity contribution in [2.75, 3.05) is 13.1 Å². The Balaban J connectivity index is 2.00. The second-order valence-corrected chi connectivity index (χ2v) is 6.47. The van der Waals surface area contributed by atoms with Crippen LogP contribution in [0.2, 0.25) is 0 Å². The fraction of sp³-hybridized carbons (Fsp3) is 0.867. The molecular formula is C15H26N2O3. The zero-order valence-electron chi connectivity index (χ0n) is 12.3. The fourth-order valence-electron chi connectivity index (χ4n) is 3.73. The molecule has 1 amide bonds. The molecule has 0 aromatic heterocycles. The molecule has 2 aliphatic rings. The number of amides is 1. The van der Waals surface area contributed by atoms with Crippen LogP contribution in [0.1, 0.15) is 51.9 Å². The first-order valence-corrected chi connectivity index (χ1v) is 7.76. The molecule has 3 N–H and O–H groups in total. The van der Waals surface area contributed by atoms with Crippen molar-refractivity contribution in [3.8, 4) is 0 Å². The third-order valence-electron chi connectivity index (χ3n) is 4.91. The van der Waals surface area contributed by atoms with Crippen molar-refractivity contribution in [1.82, 2.24) is 4.90 Å². The number of likely N-dealkylation sites (tertiary alicyclic amines) is 1. The standard InChI is InChI=1S/C15H26N2O3/c1-2-6-15(14(19)20)7-8-17(10-15)13(18)11-4-3-5-12(16)9-11/h11-12H,2-10,16H2,1H3,(H,19,20). The van der Waals surface area contributed by atoms with E-state index in [2.05, 4.69) is 0 Å². The second-order valence-electron chi connectivity index (χ2n) is 6.47. The number of rotatable bonds is 4. The molecule has 0 spiro atoms. The Morgan fingerprint density at radius 3 is 2.75 bits per heavy atom. The molecule has 114 valence electrons. The van der Waals surface area contributed by atoms with Gasteiger partial charge in [0.25, 0.3) is 0 Å². The van der Waals surface area contributed by atoms with Gasteiger partial charge in [-0.25, -0.2) is 0 Å². The van der Waals surface area contributed by atoms with Crippen molar-refractivity contribution < 1.29 is 14.7 Å². The summed E-state index contributed by atoms with van der Waals surface area (Å²) in [6.07, 6.45) is 5.73. The molecule has 1 saturated heterocycles. The molecule has 0 radical (unpaired) electrons. The highest BCUT2D eigenvalue weighted by Crippen LogP contribution is 2.37. The molecule has 5 nitrogen and oxygen atoms in total. The van der Waals surface area contributed by atoms with E-state index >= 15 is 0 Å². The van der Waals surface area contributed by atoms with Crippen molar-refractivity contribution in [1.29, 1.82) is 0 Å². The maximum absolute atomic E-state index is 12.5. The Hall–Kier alpha value is -1.10. The van der Waals surface area contributed by atoms with Crippen LogP contribution in [0.5, 0.6) is 0 Å². The van der Waals surface area contributed by atoms with E-state index in [9.17, 15) is 14.7 Å². The number of carbonyl (C=O) groups is 2. The van der Waals surface area contributed by atoms with Gasteiger partial charge in [0, 0.05) is 25.0 Å². The largest absolute Gasteiger partial charge is 0.481 e. The van der Waals surface area contributed by atoms with Gasteiger partial charge in [0.15, 0.2) is 0 Å². The summed E-state index contributed by atoms with van der Waals surface area (Å²) in [6, 6.07) is 0.125. The highest BCUT2D eigenvalue weighted by molar-refractivity contribution is 5.82. The van der Waals surface area contributed by atoms with Gasteiger partial charge in [-0.15, -0.1) is 0 Å². The summed E-state index contributed by atoms with van der Waals surface area (Å²) in [7, 11) is 0. The monoisotopic (exact) mass is 282 g/mol. The van der Waals surface area contributed by atoms with Gasteiger partial charge in [-0.1, -0.05) is 19.8 Å². The van der Waals surface area contributed by atoms with Crippen molar-refractivity contribution in [3.63, 3.8) is 0 Å². The first-order valence-electron chi connectivity index (χ1n) is 7.76. The smallest absolute Gasteiger partial charge is 0.311 e. The minimum absolute atomic E-state index is 0.00460. The summed E-state index contributed by atoms with van der Waals surface area (Å²) < 4.78 is 0. The van der Waals surface area contributed by atoms with Gasteiger partial charge in [-0.2, -0.15) is 0 Å². The first kappa shape index (κ1) is 15.3. The molecule has 20 heavy (non-hydrogen) atoms. The molecule has 3 unspecified atom stereocenters. The minimum Gasteiger partial charge on any atom is -0.481 e. The van der Waals surface area contributed by atoms with Gasteiger partial charge < -0.3 is 15.7 Å². The SMILES string of the molecule is CCCC1(C(=O)O)CCN(C(=O)C2CCCC(N)C2)C1. The molecule has 0 bridgehead atoms. The average molecular weight is 282 g/mol. The van der Waals surface area contributed by atoms with Crippen molar-refractivity contribution in [2.45, 2.75) is 57.9 Å². The van der Waals surface area contributed by atoms with Crippen LogP contribution in [-0.4, -0.2) is 41.0 Å². The van der Waals surface area contributed by atoms with E-state index in [-0.39, 0.29) is 17.9 Å². The number of carboxylic acids is 1. The molecule has 0 aromatic rings. The number of aliphatic carboxylic acids is 1. The number of carbonyl (C=O) groups excluding carboxylic acids is 1. The molecule has 1 aliphatic carbocycles. The summed E-state index contributed by atoms with van der Waals surface area (Å²) in [5.74, 6) is -0.626. The van der Waals surface area contributed by atoms with E-state index in [4.69, 9.17) is 5.73 Å². The molecule has 2 rings (SSSR count). The van der Waals surface area contributed by atoms with Gasteiger partial charge in [0.1, 0.15) is 0 Å². The Labute approximate surface area is 120 Å². The predicted molar refractivity (Wildman–Crippen MR) is 76.1 cm³/mol. The van der Waals surface area contributed by atoms with Crippen LogP contribution in [-0.2, 0) is 9.59 Å². The van der Waals surface area contributed by atoms with Crippen molar-refractivity contribution >= 4 is 11.9 Å². The van der Waals surface area contributed by atoms with Gasteiger partial charge in [-0.3, -0.25) is 9.59 Å². The van der Waals surface area contributed by atoms with E-state index in [0.29, 0.717) is 25.9 Å². The van der Waals surface area contributed by atoms with Crippen molar-refractivity contribution in [2.24, 2.45) is 17.1 Å². The lowest BCUT2D eigenvalue weighted by atomic mass is 9.82. The van der Waals surface area contributed by atoms with Crippen LogP contribution in [0.3, 0.4) is 0 Å². The Morgan fingerprint density at radius 1 is 1.40 bits per heavy atom. The lowest BCUT2D eigenvalue weighted by Gasteiger charge is -2.30. The molecule has 2 fully saturated rings. The van der Waals surface area contributed by atoms with Crippen LogP contribution in [0.15, 0.2) is 0 Å². The van der Waals surface area contributed by atoms with Crippen LogP contribution in [0.25, 0.3) is 0 Å². The Morgan fingerprint density at radius 2 is 2.15 bits per heavy atom. The lowest BCUT2D eigenvalue weighted by molar-refractivity contribution is -0.149. The third-order valence-corrected chi connectivity index (χ3v) is 4.91. The highest BCUT2D eigenvalue weighted by Gasteiger charge is 2.46. The number of hydrogen-bond donors (Lipinski definition) is 2. The molecule has 5 heteroatoms. The predicted octanol–water partition coefficient (Wildman–Crippen LogP) is 1.61. The quantitative estimate of drug-likeness (QED) is 0.820. The van der Waals surface area contributed by atoms with Crippen LogP contribution in [0, 0.1) is 11.3 Å². The van der Waals surface area contributed by atoms with E-state index in [1.807, 2.05) is 6.92 Å². The summed E-state index contributed by atoms with van der Waals surface area (Å²) >= 11 is 0. The second kappa shape index (κ2) is 6.12. The van der Waals surface area contributed by atoms with Crippen LogP contribution in [0.4, 0.5) is 0 Å². The van der Waals surface area contributed by atoms with E-state index < -0.39 is 11.4 Å². The molecule has 3 atom stereocenters. The van der Waals surface area contributed by atoms with E-state index in [0.717, 1.165) is 32.1 Å². The van der Waals surface area contributed by atoms with Gasteiger partial charge >= 0.3 is 5.97 Å². The van der Waals surface area contributed by atoms with Crippen LogP contribution < -0.4 is 5.73 Å². The summed E-state index contributed by atoms with van der Waals surface area (Å²) in [5.41, 5.74) is 5.22. The number of hydrogen-bond acceptors (Lipinski definition) is 3. The maximum Gasteiger partial charge on any atom is 0.311 e. The van der Waals surface area contributed by atoms with E-state index in [1.165, 1.54) is 0 Å². The zero-order chi connectivity index (χ0) is 14.8. The third kappa shape index (κ3) is 2.97. The molecule has 1 heterocycles. The van der Waals surface area contributed by atoms with Gasteiger partial charge in [0.2, 0.25) is 5.91 Å². The molecule has 1 saturated carbocycles. The Bertz CT molecular complexity index is 385. The van der Waals surface area contributed by atoms with Crippen LogP contribution >= 0.6 is 0 Å². The number of carboxylic acid groups (broad SMARTS) is 1. The average Bonchev–Trinajstić information content (AvgIpc) is 2.84. The highest BCUT2D eigenvalue weighted by atomic mass is 16.4. The summed E-state index contributed by atoms with van der Waals surface area (Å²) in [4.78, 5) is 25.9. The molecule has 1 aliphatic heterocycles. The lowest BCUT2D eigenvalue weighted by Crippen LogP contribution is -2.42. The summed E-state index contributed by atoms with van der Waals surface area (Å²) in [5, 5.41) is 9.49. The first-order chi connectivity index (χ1) is 9.48. The van der Waals surface area contributed by atoms with E-state index in [1.54, 1.807) is 4.90 Å². The zero-order valence-corrected chi connectivity index (χ0v) is 12.3. The van der Waals surface area contributed by atoms with Gasteiger partial charge in [-0.05, 0) is 32.1 Å². The fourth-order valence-corrected chi connectivity index (χ4v) is 3.73. The van der Waals surface area contributed by atoms with Crippen molar-refractivity contribution in [3.05, 3.63) is 0 Å². The van der Waals surface area contributed by atoms with Gasteiger partial charge in [0.05, 0.1) is 5.41 Å². The summed E-state index contributed by atoms with van der Waals surface area (Å²) in [6.45, 7) is 2.95. The molecular weight excluding hydrogens is 256 g/mol. The number of nitrogens with two attached hydrogens (primary N) is 1. The molecule has 0 aromatic carbocycles. The maximum atomic E-state index is 12.5. The minimum atomic E-state index is -0.755. The normalized spacial score (nSPS) is 34.2. The Kier molecular flexibility index (Phi) is 4.68. The topological polar surface area (TPSA) is 83.6 Å². The number of nitrogens with zero attached hydrogens (tertiary/aromatic N) is 1.